The maximum atomic E-state index is 11.8. The Hall–Kier alpha value is -0.820. The van der Waals surface area contributed by atoms with Gasteiger partial charge in [-0.3, -0.25) is 0 Å². The Kier molecular flexibility index (Phi) is 4.15. The molecule has 0 saturated carbocycles. The van der Waals surface area contributed by atoms with Gasteiger partial charge < -0.3 is 11.1 Å². The van der Waals surface area contributed by atoms with Crippen LogP contribution in [0.1, 0.15) is 20.8 Å². The van der Waals surface area contributed by atoms with Crippen LogP contribution in [-0.4, -0.2) is 25.1 Å². The second-order valence-electron chi connectivity index (χ2n) is 3.90. The zero-order chi connectivity index (χ0) is 12.3. The van der Waals surface area contributed by atoms with Crippen molar-refractivity contribution in [3.63, 3.8) is 0 Å². The molecule has 1 heterocycles. The SMILES string of the molecule is CCS(=O)(=O)c1c(N)nsc1NCC(C)C. The zero-order valence-electron chi connectivity index (χ0n) is 9.65. The third kappa shape index (κ3) is 2.85. The maximum Gasteiger partial charge on any atom is 0.184 e. The number of nitrogens with two attached hydrogens (primary N) is 1. The Morgan fingerprint density at radius 1 is 1.50 bits per heavy atom. The molecule has 0 aromatic carbocycles. The van der Waals surface area contributed by atoms with E-state index in [0.717, 1.165) is 11.5 Å². The number of nitrogens with one attached hydrogen (secondary N) is 1. The highest BCUT2D eigenvalue weighted by Gasteiger charge is 2.23. The summed E-state index contributed by atoms with van der Waals surface area (Å²) in [6.45, 7) is 6.39. The molecule has 0 spiro atoms. The Morgan fingerprint density at radius 3 is 2.62 bits per heavy atom. The van der Waals surface area contributed by atoms with Crippen molar-refractivity contribution < 1.29 is 8.42 Å². The lowest BCUT2D eigenvalue weighted by atomic mass is 10.2. The van der Waals surface area contributed by atoms with Crippen LogP contribution in [0.15, 0.2) is 4.90 Å². The van der Waals surface area contributed by atoms with Crippen molar-refractivity contribution in [3.8, 4) is 0 Å². The van der Waals surface area contributed by atoms with E-state index in [1.54, 1.807) is 6.92 Å². The lowest BCUT2D eigenvalue weighted by Crippen LogP contribution is -2.12. The first-order chi connectivity index (χ1) is 7.38. The molecule has 0 unspecified atom stereocenters. The van der Waals surface area contributed by atoms with Gasteiger partial charge in [0.1, 0.15) is 9.90 Å². The van der Waals surface area contributed by atoms with Crippen LogP contribution in [0.4, 0.5) is 10.8 Å². The van der Waals surface area contributed by atoms with E-state index >= 15 is 0 Å². The molecule has 1 aromatic heterocycles. The van der Waals surface area contributed by atoms with Gasteiger partial charge in [-0.1, -0.05) is 20.8 Å². The maximum absolute atomic E-state index is 11.8. The summed E-state index contributed by atoms with van der Waals surface area (Å²) in [5, 5.41) is 3.62. The Balaban J connectivity index is 3.04. The number of nitrogen functional groups attached to an aromatic ring is 1. The number of aromatic nitrogens is 1. The molecule has 16 heavy (non-hydrogen) atoms. The van der Waals surface area contributed by atoms with Crippen LogP contribution in [0.2, 0.25) is 0 Å². The minimum absolute atomic E-state index is 0.0337. The summed E-state index contributed by atoms with van der Waals surface area (Å²) in [6, 6.07) is 0. The van der Waals surface area contributed by atoms with E-state index in [9.17, 15) is 8.42 Å². The molecule has 5 nitrogen and oxygen atoms in total. The van der Waals surface area contributed by atoms with Gasteiger partial charge in [-0.2, -0.15) is 4.37 Å². The first-order valence-electron chi connectivity index (χ1n) is 5.10. The third-order valence-corrected chi connectivity index (χ3v) is 4.78. The van der Waals surface area contributed by atoms with Gasteiger partial charge in [-0.05, 0) is 17.5 Å². The summed E-state index contributed by atoms with van der Waals surface area (Å²) in [5.74, 6) is 0.560. The molecule has 0 saturated heterocycles. The number of hydrogen-bond acceptors (Lipinski definition) is 6. The molecule has 0 atom stereocenters. The van der Waals surface area contributed by atoms with Crippen LogP contribution in [0, 0.1) is 5.92 Å². The van der Waals surface area contributed by atoms with Gasteiger partial charge in [-0.15, -0.1) is 0 Å². The van der Waals surface area contributed by atoms with Crippen molar-refractivity contribution in [2.24, 2.45) is 5.92 Å². The van der Waals surface area contributed by atoms with Gasteiger partial charge in [0.25, 0.3) is 0 Å². The summed E-state index contributed by atoms with van der Waals surface area (Å²) in [4.78, 5) is 0.153. The van der Waals surface area contributed by atoms with Gasteiger partial charge in [-0.25, -0.2) is 8.42 Å². The van der Waals surface area contributed by atoms with Crippen LogP contribution < -0.4 is 11.1 Å². The summed E-state index contributed by atoms with van der Waals surface area (Å²) in [7, 11) is -3.30. The molecule has 3 N–H and O–H groups in total. The van der Waals surface area contributed by atoms with E-state index in [1.165, 1.54) is 0 Å². The monoisotopic (exact) mass is 263 g/mol. The van der Waals surface area contributed by atoms with E-state index in [0.29, 0.717) is 17.5 Å². The van der Waals surface area contributed by atoms with Crippen molar-refractivity contribution in [2.75, 3.05) is 23.3 Å². The fourth-order valence-corrected chi connectivity index (χ4v) is 3.32. The highest BCUT2D eigenvalue weighted by molar-refractivity contribution is 7.91. The lowest BCUT2D eigenvalue weighted by Gasteiger charge is -2.08. The van der Waals surface area contributed by atoms with Crippen molar-refractivity contribution in [1.82, 2.24) is 4.37 Å². The van der Waals surface area contributed by atoms with E-state index in [4.69, 9.17) is 5.73 Å². The quantitative estimate of drug-likeness (QED) is 0.842. The Labute approximate surface area is 100 Å². The van der Waals surface area contributed by atoms with E-state index in [1.807, 2.05) is 13.8 Å². The number of rotatable bonds is 5. The summed E-state index contributed by atoms with van der Waals surface area (Å²) in [5.41, 5.74) is 5.59. The van der Waals surface area contributed by atoms with Gasteiger partial charge in [0.05, 0.1) is 5.75 Å². The summed E-state index contributed by atoms with van der Waals surface area (Å²) < 4.78 is 27.5. The van der Waals surface area contributed by atoms with Gasteiger partial charge in [0, 0.05) is 6.54 Å². The average Bonchev–Trinajstić information content (AvgIpc) is 2.57. The lowest BCUT2D eigenvalue weighted by molar-refractivity contribution is 0.598. The fraction of sp³-hybridized carbons (Fsp3) is 0.667. The Morgan fingerprint density at radius 2 is 2.12 bits per heavy atom. The number of nitrogens with zero attached hydrogens (tertiary/aromatic N) is 1. The van der Waals surface area contributed by atoms with Crippen LogP contribution >= 0.6 is 11.5 Å². The predicted molar refractivity (Wildman–Crippen MR) is 67.6 cm³/mol. The Bertz CT molecular complexity index is 451. The first-order valence-corrected chi connectivity index (χ1v) is 7.52. The molecule has 1 rings (SSSR count). The highest BCUT2D eigenvalue weighted by atomic mass is 32.2. The first kappa shape index (κ1) is 13.2. The van der Waals surface area contributed by atoms with Crippen LogP contribution in [0.25, 0.3) is 0 Å². The molecule has 0 bridgehead atoms. The summed E-state index contributed by atoms with van der Waals surface area (Å²) in [6.07, 6.45) is 0. The standard InChI is InChI=1S/C9H17N3O2S2/c1-4-16(13,14)7-8(10)12-15-9(7)11-5-6(2)3/h6,11H,4-5H2,1-3H3,(H2,10,12). The predicted octanol–water partition coefficient (Wildman–Crippen LogP) is 1.59. The van der Waals surface area contributed by atoms with Gasteiger partial charge in [0.2, 0.25) is 0 Å². The third-order valence-electron chi connectivity index (χ3n) is 2.04. The number of hydrogen-bond donors (Lipinski definition) is 2. The van der Waals surface area contributed by atoms with Gasteiger partial charge >= 0.3 is 0 Å². The minimum atomic E-state index is -3.30. The molecular weight excluding hydrogens is 246 g/mol. The molecule has 7 heteroatoms. The van der Waals surface area contributed by atoms with Crippen molar-refractivity contribution >= 4 is 32.2 Å². The van der Waals surface area contributed by atoms with E-state index in [-0.39, 0.29) is 16.5 Å². The smallest absolute Gasteiger partial charge is 0.184 e. The molecule has 0 amide bonds. The highest BCUT2D eigenvalue weighted by Crippen LogP contribution is 2.32. The zero-order valence-corrected chi connectivity index (χ0v) is 11.3. The minimum Gasteiger partial charge on any atom is -0.382 e. The largest absolute Gasteiger partial charge is 0.382 e. The molecule has 0 aliphatic rings. The molecule has 0 radical (unpaired) electrons. The van der Waals surface area contributed by atoms with Crippen molar-refractivity contribution in [3.05, 3.63) is 0 Å². The number of anilines is 2. The number of sulfone groups is 1. The molecule has 0 fully saturated rings. The van der Waals surface area contributed by atoms with Gasteiger partial charge in [0.15, 0.2) is 15.7 Å². The van der Waals surface area contributed by atoms with E-state index in [2.05, 4.69) is 9.69 Å². The molecular formula is C9H17N3O2S2. The van der Waals surface area contributed by atoms with Crippen LogP contribution in [-0.2, 0) is 9.84 Å². The molecule has 0 aliphatic carbocycles. The second-order valence-corrected chi connectivity index (χ2v) is 6.89. The summed E-state index contributed by atoms with van der Waals surface area (Å²) >= 11 is 1.10. The average molecular weight is 263 g/mol. The van der Waals surface area contributed by atoms with Crippen LogP contribution in [0.3, 0.4) is 0 Å². The van der Waals surface area contributed by atoms with Crippen molar-refractivity contribution in [1.29, 1.82) is 0 Å². The van der Waals surface area contributed by atoms with E-state index < -0.39 is 9.84 Å². The molecule has 0 aliphatic heterocycles. The topological polar surface area (TPSA) is 85.1 Å². The fourth-order valence-electron chi connectivity index (χ4n) is 1.15. The molecule has 1 aromatic rings. The normalized spacial score (nSPS) is 12.0. The van der Waals surface area contributed by atoms with Crippen LogP contribution in [0.5, 0.6) is 0 Å². The second kappa shape index (κ2) is 5.01. The molecule has 92 valence electrons. The van der Waals surface area contributed by atoms with Crippen molar-refractivity contribution in [2.45, 2.75) is 25.7 Å².